The van der Waals surface area contributed by atoms with Crippen molar-refractivity contribution in [3.05, 3.63) is 57.3 Å². The van der Waals surface area contributed by atoms with Gasteiger partial charge in [-0.15, -0.1) is 22.7 Å². The highest BCUT2D eigenvalue weighted by molar-refractivity contribution is 7.15. The van der Waals surface area contributed by atoms with Gasteiger partial charge in [-0.2, -0.15) is 0 Å². The average Bonchev–Trinajstić information content (AvgIpc) is 3.15. The fraction of sp³-hybridized carbons (Fsp3) is 0.333. The number of ether oxygens (including phenoxy) is 1. The molecule has 11 heteroatoms. The zero-order valence-corrected chi connectivity index (χ0v) is 21.4. The van der Waals surface area contributed by atoms with Crippen LogP contribution in [-0.4, -0.2) is 50.4 Å². The number of likely N-dealkylation sites (tertiary alicyclic amines) is 1. The normalized spacial score (nSPS) is 20.8. The molecule has 0 unspecified atom stereocenters. The first-order valence-electron chi connectivity index (χ1n) is 11.3. The Morgan fingerprint density at radius 3 is 2.97 bits per heavy atom. The third-order valence-corrected chi connectivity index (χ3v) is 8.63. The van der Waals surface area contributed by atoms with E-state index in [-0.39, 0.29) is 23.0 Å². The van der Waals surface area contributed by atoms with Crippen LogP contribution < -0.4 is 10.1 Å². The lowest BCUT2D eigenvalue weighted by Gasteiger charge is -2.27. The number of fused-ring (bicyclic) bond motifs is 2. The number of rotatable bonds is 5. The van der Waals surface area contributed by atoms with Gasteiger partial charge in [0.1, 0.15) is 5.69 Å². The van der Waals surface area contributed by atoms with Crippen LogP contribution in [0.4, 0.5) is 4.79 Å². The number of thiazole rings is 2. The standard InChI is InChI=1S/C24H22ClN5O3S2/c1-12-4-3-5-14(8-12)19-18(27-13(2)35-19)21(31)30-11-15-9-16(15)17(30)10-26-24(32)33-22-20(25)28-23-29(22)6-7-34-23/h3-8,15-17H,9-11H2,1-2H3,(H,26,32)/t15-,16-,17+/m0/s1. The lowest BCUT2D eigenvalue weighted by atomic mass is 10.1. The first kappa shape index (κ1) is 22.5. The van der Waals surface area contributed by atoms with Gasteiger partial charge in [-0.25, -0.2) is 14.8 Å². The van der Waals surface area contributed by atoms with Crippen LogP contribution >= 0.6 is 34.3 Å². The van der Waals surface area contributed by atoms with E-state index in [4.69, 9.17) is 16.3 Å². The first-order valence-corrected chi connectivity index (χ1v) is 13.4. The molecule has 1 saturated heterocycles. The summed E-state index contributed by atoms with van der Waals surface area (Å²) in [7, 11) is 0. The van der Waals surface area contributed by atoms with Crippen LogP contribution in [0.15, 0.2) is 35.8 Å². The predicted molar refractivity (Wildman–Crippen MR) is 136 cm³/mol. The second kappa shape index (κ2) is 8.61. The maximum absolute atomic E-state index is 13.7. The van der Waals surface area contributed by atoms with Crippen molar-refractivity contribution in [2.24, 2.45) is 11.8 Å². The Hall–Kier alpha value is -2.95. The van der Waals surface area contributed by atoms with Gasteiger partial charge in [-0.3, -0.25) is 9.20 Å². The molecule has 3 aromatic heterocycles. The van der Waals surface area contributed by atoms with Crippen molar-refractivity contribution in [2.75, 3.05) is 13.1 Å². The van der Waals surface area contributed by atoms with E-state index in [0.29, 0.717) is 35.6 Å². The minimum absolute atomic E-state index is 0.0861. The van der Waals surface area contributed by atoms with Crippen LogP contribution in [0.5, 0.6) is 5.88 Å². The molecule has 35 heavy (non-hydrogen) atoms. The molecule has 0 spiro atoms. The summed E-state index contributed by atoms with van der Waals surface area (Å²) in [5.74, 6) is 0.948. The Morgan fingerprint density at radius 2 is 2.14 bits per heavy atom. The van der Waals surface area contributed by atoms with Crippen molar-refractivity contribution in [3.63, 3.8) is 0 Å². The highest BCUT2D eigenvalue weighted by atomic mass is 35.5. The molecule has 1 saturated carbocycles. The summed E-state index contributed by atoms with van der Waals surface area (Å²) >= 11 is 9.06. The van der Waals surface area contributed by atoms with Crippen LogP contribution in [0.2, 0.25) is 5.15 Å². The quantitative estimate of drug-likeness (QED) is 0.393. The molecule has 1 aliphatic carbocycles. The molecule has 1 N–H and O–H groups in total. The molecule has 2 fully saturated rings. The topological polar surface area (TPSA) is 88.8 Å². The lowest BCUT2D eigenvalue weighted by molar-refractivity contribution is 0.0700. The smallest absolute Gasteiger partial charge is 0.389 e. The minimum atomic E-state index is -0.624. The zero-order valence-electron chi connectivity index (χ0n) is 19.0. The molecule has 1 aromatic carbocycles. The number of benzene rings is 1. The number of carbonyl (C=O) groups excluding carboxylic acids is 2. The second-order valence-electron chi connectivity index (χ2n) is 9.00. The van der Waals surface area contributed by atoms with Crippen molar-refractivity contribution in [1.82, 2.24) is 24.6 Å². The summed E-state index contributed by atoms with van der Waals surface area (Å²) in [6.45, 7) is 4.94. The summed E-state index contributed by atoms with van der Waals surface area (Å²) in [5, 5.41) is 5.65. The molecule has 0 radical (unpaired) electrons. The number of amides is 2. The number of piperidine rings is 1. The van der Waals surface area contributed by atoms with Gasteiger partial charge in [0.25, 0.3) is 5.91 Å². The summed E-state index contributed by atoms with van der Waals surface area (Å²) in [5.41, 5.74) is 2.62. The zero-order chi connectivity index (χ0) is 24.3. The summed E-state index contributed by atoms with van der Waals surface area (Å²) in [4.78, 5) is 38.4. The van der Waals surface area contributed by atoms with E-state index in [1.165, 1.54) is 22.7 Å². The molecule has 8 nitrogen and oxygen atoms in total. The van der Waals surface area contributed by atoms with Crippen LogP contribution in [-0.2, 0) is 0 Å². The number of aromatic nitrogens is 3. The van der Waals surface area contributed by atoms with Crippen molar-refractivity contribution in [1.29, 1.82) is 0 Å². The Balaban J connectivity index is 1.18. The van der Waals surface area contributed by atoms with E-state index < -0.39 is 6.09 Å². The van der Waals surface area contributed by atoms with Crippen molar-refractivity contribution in [3.8, 4) is 16.3 Å². The highest BCUT2D eigenvalue weighted by Crippen LogP contribution is 2.50. The van der Waals surface area contributed by atoms with Crippen molar-refractivity contribution < 1.29 is 14.3 Å². The number of hydrogen-bond donors (Lipinski definition) is 1. The average molecular weight is 528 g/mol. The Bertz CT molecular complexity index is 1460. The molecule has 4 aromatic rings. The second-order valence-corrected chi connectivity index (χ2v) is 11.4. The number of carbonyl (C=O) groups is 2. The predicted octanol–water partition coefficient (Wildman–Crippen LogP) is 5.04. The van der Waals surface area contributed by atoms with E-state index in [0.717, 1.165) is 27.4 Å². The van der Waals surface area contributed by atoms with Gasteiger partial charge >= 0.3 is 6.09 Å². The first-order chi connectivity index (χ1) is 16.9. The van der Waals surface area contributed by atoms with E-state index in [1.807, 2.05) is 42.3 Å². The Labute approximate surface area is 214 Å². The molecular formula is C24H22ClN5O3S2. The van der Waals surface area contributed by atoms with Crippen molar-refractivity contribution in [2.45, 2.75) is 26.3 Å². The molecule has 0 bridgehead atoms. The molecular weight excluding hydrogens is 506 g/mol. The fourth-order valence-electron chi connectivity index (χ4n) is 4.90. The van der Waals surface area contributed by atoms with Gasteiger partial charge in [-0.1, -0.05) is 41.4 Å². The van der Waals surface area contributed by atoms with Crippen molar-refractivity contribution >= 4 is 51.2 Å². The number of imidazole rings is 1. The third kappa shape index (κ3) is 4.09. The van der Waals surface area contributed by atoms with Gasteiger partial charge in [0.15, 0.2) is 10.1 Å². The SMILES string of the molecule is Cc1cccc(-c2sc(C)nc2C(=O)N2C[C@@H]3C[C@@H]3[C@H]2CNC(=O)Oc2c(Cl)nc3sccn23)c1. The molecule has 3 atom stereocenters. The van der Waals surface area contributed by atoms with E-state index >= 15 is 0 Å². The Kier molecular flexibility index (Phi) is 5.54. The third-order valence-electron chi connectivity index (χ3n) is 6.60. The maximum atomic E-state index is 13.7. The number of nitrogens with one attached hydrogen (secondary N) is 1. The van der Waals surface area contributed by atoms with Gasteiger partial charge in [-0.05, 0) is 37.7 Å². The number of hydrogen-bond acceptors (Lipinski definition) is 7. The molecule has 180 valence electrons. The molecule has 2 amide bonds. The van der Waals surface area contributed by atoms with E-state index in [1.54, 1.807) is 10.6 Å². The minimum Gasteiger partial charge on any atom is -0.389 e. The summed E-state index contributed by atoms with van der Waals surface area (Å²) < 4.78 is 7.08. The molecule has 4 heterocycles. The number of halogens is 1. The highest BCUT2D eigenvalue weighted by Gasteiger charge is 2.54. The van der Waals surface area contributed by atoms with Crippen LogP contribution in [0.25, 0.3) is 15.4 Å². The van der Waals surface area contributed by atoms with Crippen LogP contribution in [0, 0.1) is 25.7 Å². The summed E-state index contributed by atoms with van der Waals surface area (Å²) in [6, 6.07) is 8.02. The van der Waals surface area contributed by atoms with Gasteiger partial charge in [0, 0.05) is 24.7 Å². The van der Waals surface area contributed by atoms with Crippen LogP contribution in [0.1, 0.15) is 27.5 Å². The van der Waals surface area contributed by atoms with Gasteiger partial charge in [0.05, 0.1) is 15.9 Å². The fourth-order valence-corrected chi connectivity index (χ4v) is 6.77. The van der Waals surface area contributed by atoms with Gasteiger partial charge in [0.2, 0.25) is 5.88 Å². The number of aryl methyl sites for hydroxylation is 2. The monoisotopic (exact) mass is 527 g/mol. The van der Waals surface area contributed by atoms with E-state index in [2.05, 4.69) is 21.4 Å². The van der Waals surface area contributed by atoms with E-state index in [9.17, 15) is 9.59 Å². The largest absolute Gasteiger partial charge is 0.414 e. The maximum Gasteiger partial charge on any atom is 0.414 e. The van der Waals surface area contributed by atoms with Crippen LogP contribution in [0.3, 0.4) is 0 Å². The molecule has 6 rings (SSSR count). The molecule has 2 aliphatic rings. The lowest BCUT2D eigenvalue weighted by Crippen LogP contribution is -2.46. The Morgan fingerprint density at radius 1 is 1.29 bits per heavy atom. The number of nitrogens with zero attached hydrogens (tertiary/aromatic N) is 4. The summed E-state index contributed by atoms with van der Waals surface area (Å²) in [6.07, 6.45) is 2.19. The van der Waals surface area contributed by atoms with Gasteiger partial charge < -0.3 is 15.0 Å². The molecule has 1 aliphatic heterocycles.